The predicted octanol–water partition coefficient (Wildman–Crippen LogP) is 4.97. The van der Waals surface area contributed by atoms with Crippen LogP contribution in [0.2, 0.25) is 0 Å². The molecule has 1 amide bonds. The van der Waals surface area contributed by atoms with Crippen LogP contribution in [0, 0.1) is 0 Å². The largest absolute Gasteiger partial charge is 0.497 e. The Hall–Kier alpha value is -4.31. The second-order valence-electron chi connectivity index (χ2n) is 7.66. The van der Waals surface area contributed by atoms with Gasteiger partial charge >= 0.3 is 0 Å². The molecule has 0 unspecified atom stereocenters. The maximum atomic E-state index is 12.6. The van der Waals surface area contributed by atoms with Gasteiger partial charge < -0.3 is 24.3 Å². The number of nitrogens with one attached hydrogen (secondary N) is 1. The molecule has 3 aromatic carbocycles. The van der Waals surface area contributed by atoms with Gasteiger partial charge in [0.25, 0.3) is 0 Å². The molecule has 10 heteroatoms. The Bertz CT molecular complexity index is 1360. The van der Waals surface area contributed by atoms with Crippen LogP contribution in [-0.4, -0.2) is 55.3 Å². The molecular formula is C27H26N4O5S. The molecule has 0 radical (unpaired) electrons. The lowest BCUT2D eigenvalue weighted by molar-refractivity contribution is -0.113. The van der Waals surface area contributed by atoms with Crippen molar-refractivity contribution in [3.63, 3.8) is 0 Å². The highest BCUT2D eigenvalue weighted by Gasteiger charge is 2.16. The first-order valence-corrected chi connectivity index (χ1v) is 12.2. The number of carbonyl (C=O) groups excluding carboxylic acids is 1. The topological polar surface area (TPSA) is 105 Å². The minimum absolute atomic E-state index is 0.0972. The van der Waals surface area contributed by atoms with Gasteiger partial charge in [0, 0.05) is 22.9 Å². The van der Waals surface area contributed by atoms with E-state index in [1.54, 1.807) is 46.6 Å². The third-order valence-electron chi connectivity index (χ3n) is 5.39. The lowest BCUT2D eigenvalue weighted by Crippen LogP contribution is -2.14. The first-order valence-electron chi connectivity index (χ1n) is 11.2. The number of thioether (sulfide) groups is 1. The normalized spacial score (nSPS) is 10.5. The predicted molar refractivity (Wildman–Crippen MR) is 143 cm³/mol. The molecule has 0 aliphatic rings. The molecule has 0 atom stereocenters. The third-order valence-corrected chi connectivity index (χ3v) is 6.23. The van der Waals surface area contributed by atoms with Crippen LogP contribution in [0.15, 0.2) is 71.9 Å². The fourth-order valence-corrected chi connectivity index (χ4v) is 4.09. The van der Waals surface area contributed by atoms with Crippen molar-refractivity contribution in [1.82, 2.24) is 15.2 Å². The van der Waals surface area contributed by atoms with Crippen molar-refractivity contribution in [2.75, 3.05) is 39.5 Å². The Morgan fingerprint density at radius 2 is 1.32 bits per heavy atom. The summed E-state index contributed by atoms with van der Waals surface area (Å²) in [5.41, 5.74) is 3.54. The fraction of sp³-hybridized carbons (Fsp3) is 0.185. The summed E-state index contributed by atoms with van der Waals surface area (Å²) in [5.74, 6) is 2.46. The van der Waals surface area contributed by atoms with E-state index in [1.165, 1.54) is 11.8 Å². The number of benzene rings is 3. The fourth-order valence-electron chi connectivity index (χ4n) is 3.51. The summed E-state index contributed by atoms with van der Waals surface area (Å²) in [7, 11) is 6.33. The highest BCUT2D eigenvalue weighted by Crippen LogP contribution is 2.32. The number of methoxy groups -OCH3 is 4. The van der Waals surface area contributed by atoms with Gasteiger partial charge in [-0.05, 0) is 60.7 Å². The molecule has 1 aromatic heterocycles. The Morgan fingerprint density at radius 3 is 1.89 bits per heavy atom. The summed E-state index contributed by atoms with van der Waals surface area (Å²) < 4.78 is 21.1. The number of aromatic nitrogens is 3. The molecule has 0 saturated heterocycles. The molecule has 37 heavy (non-hydrogen) atoms. The molecule has 0 aliphatic carbocycles. The molecule has 1 N–H and O–H groups in total. The Labute approximate surface area is 219 Å². The molecule has 0 fully saturated rings. The quantitative estimate of drug-likeness (QED) is 0.291. The van der Waals surface area contributed by atoms with E-state index in [0.717, 1.165) is 22.6 Å². The van der Waals surface area contributed by atoms with Gasteiger partial charge in [-0.2, -0.15) is 0 Å². The highest BCUT2D eigenvalue weighted by atomic mass is 32.2. The molecule has 0 aliphatic heterocycles. The van der Waals surface area contributed by atoms with E-state index in [-0.39, 0.29) is 11.7 Å². The number of hydrogen-bond donors (Lipinski definition) is 1. The Morgan fingerprint density at radius 1 is 0.730 bits per heavy atom. The summed E-state index contributed by atoms with van der Waals surface area (Å²) in [4.78, 5) is 17.4. The van der Waals surface area contributed by atoms with E-state index >= 15 is 0 Å². The van der Waals surface area contributed by atoms with E-state index in [1.807, 2.05) is 48.5 Å². The van der Waals surface area contributed by atoms with Crippen LogP contribution in [-0.2, 0) is 4.79 Å². The van der Waals surface area contributed by atoms with Gasteiger partial charge in [0.15, 0.2) is 11.5 Å². The lowest BCUT2D eigenvalue weighted by Gasteiger charge is -2.11. The summed E-state index contributed by atoms with van der Waals surface area (Å²) in [6.45, 7) is 0. The van der Waals surface area contributed by atoms with Gasteiger partial charge in [-0.1, -0.05) is 11.8 Å². The van der Waals surface area contributed by atoms with Crippen LogP contribution in [0.25, 0.3) is 22.5 Å². The minimum Gasteiger partial charge on any atom is -0.497 e. The number of carbonyl (C=O) groups is 1. The molecule has 0 saturated carbocycles. The molecule has 190 valence electrons. The van der Waals surface area contributed by atoms with E-state index in [2.05, 4.69) is 15.5 Å². The lowest BCUT2D eigenvalue weighted by atomic mass is 10.0. The zero-order valence-corrected chi connectivity index (χ0v) is 21.7. The van der Waals surface area contributed by atoms with Gasteiger partial charge in [-0.25, -0.2) is 4.98 Å². The van der Waals surface area contributed by atoms with Crippen molar-refractivity contribution in [3.05, 3.63) is 66.7 Å². The average molecular weight is 519 g/mol. The van der Waals surface area contributed by atoms with Crippen LogP contribution in [0.4, 0.5) is 5.69 Å². The zero-order chi connectivity index (χ0) is 26.2. The maximum absolute atomic E-state index is 12.6. The average Bonchev–Trinajstić information content (AvgIpc) is 2.96. The van der Waals surface area contributed by atoms with Gasteiger partial charge in [-0.3, -0.25) is 4.79 Å². The van der Waals surface area contributed by atoms with Crippen LogP contribution in [0.5, 0.6) is 23.0 Å². The summed E-state index contributed by atoms with van der Waals surface area (Å²) in [6, 6.07) is 20.2. The molecule has 0 spiro atoms. The standard InChI is InChI=1S/C27H26N4O5S/c1-33-20-10-5-17(6-11-20)25-26(18-7-12-21(34-2)13-8-18)30-31-27(29-25)37-16-24(32)28-19-9-14-22(35-3)23(15-19)36-4/h5-15H,16H2,1-4H3,(H,28,32). The van der Waals surface area contributed by atoms with Crippen LogP contribution in [0.3, 0.4) is 0 Å². The molecular weight excluding hydrogens is 492 g/mol. The van der Waals surface area contributed by atoms with Gasteiger partial charge in [0.1, 0.15) is 22.9 Å². The van der Waals surface area contributed by atoms with E-state index in [9.17, 15) is 4.79 Å². The second kappa shape index (κ2) is 12.1. The molecule has 0 bridgehead atoms. The smallest absolute Gasteiger partial charge is 0.234 e. The number of nitrogens with zero attached hydrogens (tertiary/aromatic N) is 3. The first kappa shape index (κ1) is 25.8. The van der Waals surface area contributed by atoms with E-state index in [4.69, 9.17) is 23.9 Å². The highest BCUT2D eigenvalue weighted by molar-refractivity contribution is 7.99. The first-order chi connectivity index (χ1) is 18.0. The molecule has 4 rings (SSSR count). The summed E-state index contributed by atoms with van der Waals surface area (Å²) in [5, 5.41) is 12.0. The van der Waals surface area contributed by atoms with Crippen LogP contribution in [0.1, 0.15) is 0 Å². The molecule has 9 nitrogen and oxygen atoms in total. The monoisotopic (exact) mass is 518 g/mol. The minimum atomic E-state index is -0.217. The number of rotatable bonds is 10. The number of anilines is 1. The zero-order valence-electron chi connectivity index (χ0n) is 20.8. The van der Waals surface area contributed by atoms with Crippen LogP contribution < -0.4 is 24.3 Å². The SMILES string of the molecule is COc1ccc(-c2nnc(SCC(=O)Nc3ccc(OC)c(OC)c3)nc2-c2ccc(OC)cc2)cc1. The van der Waals surface area contributed by atoms with Crippen molar-refractivity contribution < 1.29 is 23.7 Å². The molecule has 4 aromatic rings. The van der Waals surface area contributed by atoms with Crippen molar-refractivity contribution in [3.8, 4) is 45.5 Å². The number of amides is 1. The van der Waals surface area contributed by atoms with Crippen molar-refractivity contribution in [1.29, 1.82) is 0 Å². The van der Waals surface area contributed by atoms with Gasteiger partial charge in [0.2, 0.25) is 11.1 Å². The van der Waals surface area contributed by atoms with Crippen molar-refractivity contribution in [2.24, 2.45) is 0 Å². The van der Waals surface area contributed by atoms with Crippen molar-refractivity contribution in [2.45, 2.75) is 5.16 Å². The summed E-state index contributed by atoms with van der Waals surface area (Å²) in [6.07, 6.45) is 0. The van der Waals surface area contributed by atoms with Crippen LogP contribution >= 0.6 is 11.8 Å². The Kier molecular flexibility index (Phi) is 8.42. The van der Waals surface area contributed by atoms with E-state index in [0.29, 0.717) is 33.7 Å². The van der Waals surface area contributed by atoms with Crippen molar-refractivity contribution >= 4 is 23.4 Å². The second-order valence-corrected chi connectivity index (χ2v) is 8.60. The van der Waals surface area contributed by atoms with E-state index < -0.39 is 0 Å². The number of ether oxygens (including phenoxy) is 4. The summed E-state index contributed by atoms with van der Waals surface area (Å²) >= 11 is 1.19. The maximum Gasteiger partial charge on any atom is 0.234 e. The third kappa shape index (κ3) is 6.28. The number of hydrogen-bond acceptors (Lipinski definition) is 9. The van der Waals surface area contributed by atoms with Gasteiger partial charge in [-0.15, -0.1) is 10.2 Å². The Balaban J connectivity index is 1.55. The van der Waals surface area contributed by atoms with Gasteiger partial charge in [0.05, 0.1) is 34.2 Å². The molecule has 1 heterocycles.